The van der Waals surface area contributed by atoms with Crippen LogP contribution < -0.4 is 15.4 Å². The molecule has 0 spiro atoms. The largest absolute Gasteiger partial charge is 0.489 e. The molecular formula is C25H30N6O2. The molecule has 0 aromatic carbocycles. The molecule has 3 N–H and O–H groups in total. The topological polar surface area (TPSA) is 113 Å². The highest BCUT2D eigenvalue weighted by Crippen LogP contribution is 2.43. The standard InChI is InChI=1S/C25H30N6O2/c1-24(2,32)15-33-20-6-21(23-19(9-26)11-29-31(23)14-20)16-4-5-22(28-10-16)30-12-17-7-25(3,27)8-18(17)13-30/h4-6,10-11,14,17-18,32H,7-8,12-13,15,27H2,1-3H3/t17-,18+,25?. The van der Waals surface area contributed by atoms with E-state index in [1.807, 2.05) is 24.4 Å². The molecular weight excluding hydrogens is 416 g/mol. The van der Waals surface area contributed by atoms with Crippen molar-refractivity contribution in [2.45, 2.75) is 44.8 Å². The molecule has 33 heavy (non-hydrogen) atoms. The molecule has 0 bridgehead atoms. The van der Waals surface area contributed by atoms with Crippen molar-refractivity contribution < 1.29 is 9.84 Å². The monoisotopic (exact) mass is 446 g/mol. The summed E-state index contributed by atoms with van der Waals surface area (Å²) in [6.07, 6.45) is 7.26. The summed E-state index contributed by atoms with van der Waals surface area (Å²) in [6.45, 7) is 7.68. The molecule has 1 saturated carbocycles. The highest BCUT2D eigenvalue weighted by Gasteiger charge is 2.45. The third kappa shape index (κ3) is 4.26. The SMILES string of the molecule is CC(C)(O)COc1cc(-c2ccc(N3C[C@@H]4CC(C)(N)C[C@@H]4C3)nc2)c2c(C#N)cnn2c1. The number of anilines is 1. The van der Waals surface area contributed by atoms with Crippen molar-refractivity contribution in [3.8, 4) is 22.9 Å². The quantitative estimate of drug-likeness (QED) is 0.619. The van der Waals surface area contributed by atoms with Crippen LogP contribution in [0.5, 0.6) is 5.75 Å². The van der Waals surface area contributed by atoms with Gasteiger partial charge in [-0.15, -0.1) is 0 Å². The zero-order valence-corrected chi connectivity index (χ0v) is 19.3. The Labute approximate surface area is 193 Å². The lowest BCUT2D eigenvalue weighted by atomic mass is 10.00. The number of nitriles is 1. The molecule has 1 aliphatic heterocycles. The van der Waals surface area contributed by atoms with Crippen LogP contribution >= 0.6 is 0 Å². The van der Waals surface area contributed by atoms with Crippen LogP contribution in [0.15, 0.2) is 36.8 Å². The van der Waals surface area contributed by atoms with E-state index in [1.54, 1.807) is 30.8 Å². The first-order valence-electron chi connectivity index (χ1n) is 11.4. The van der Waals surface area contributed by atoms with Gasteiger partial charge in [-0.2, -0.15) is 10.4 Å². The molecule has 1 unspecified atom stereocenters. The van der Waals surface area contributed by atoms with Crippen molar-refractivity contribution in [2.75, 3.05) is 24.6 Å². The van der Waals surface area contributed by atoms with Crippen LogP contribution in [0.25, 0.3) is 16.6 Å². The number of nitrogens with zero attached hydrogens (tertiary/aromatic N) is 5. The molecule has 4 heterocycles. The van der Waals surface area contributed by atoms with E-state index in [4.69, 9.17) is 15.5 Å². The molecule has 8 nitrogen and oxygen atoms in total. The Kier molecular flexibility index (Phi) is 5.07. The fraction of sp³-hybridized carbons (Fsp3) is 0.480. The van der Waals surface area contributed by atoms with E-state index >= 15 is 0 Å². The van der Waals surface area contributed by atoms with Crippen molar-refractivity contribution in [3.05, 3.63) is 42.4 Å². The van der Waals surface area contributed by atoms with Gasteiger partial charge in [-0.25, -0.2) is 9.50 Å². The Morgan fingerprint density at radius 1 is 1.27 bits per heavy atom. The minimum absolute atomic E-state index is 0.0356. The number of hydrogen-bond donors (Lipinski definition) is 2. The van der Waals surface area contributed by atoms with Crippen LogP contribution in [0.4, 0.5) is 5.82 Å². The Bertz CT molecular complexity index is 1200. The van der Waals surface area contributed by atoms with E-state index in [-0.39, 0.29) is 12.1 Å². The minimum Gasteiger partial charge on any atom is -0.489 e. The second kappa shape index (κ2) is 7.72. The molecule has 1 saturated heterocycles. The first kappa shape index (κ1) is 21.7. The third-order valence-electron chi connectivity index (χ3n) is 6.72. The van der Waals surface area contributed by atoms with Gasteiger partial charge in [0.2, 0.25) is 0 Å². The van der Waals surface area contributed by atoms with Crippen molar-refractivity contribution in [1.82, 2.24) is 14.6 Å². The predicted octanol–water partition coefficient (Wildman–Crippen LogP) is 2.98. The Hall–Kier alpha value is -3.15. The van der Waals surface area contributed by atoms with E-state index in [2.05, 4.69) is 23.0 Å². The normalized spacial score (nSPS) is 24.8. The summed E-state index contributed by atoms with van der Waals surface area (Å²) >= 11 is 0. The number of aliphatic hydroxyl groups is 1. The number of aromatic nitrogens is 3. The maximum atomic E-state index is 10.0. The zero-order chi connectivity index (χ0) is 23.4. The van der Waals surface area contributed by atoms with Gasteiger partial charge in [0.05, 0.1) is 29.1 Å². The average Bonchev–Trinajstić information content (AvgIpc) is 3.41. The number of nitrogens with two attached hydrogens (primary N) is 1. The van der Waals surface area contributed by atoms with Gasteiger partial charge < -0.3 is 20.5 Å². The lowest BCUT2D eigenvalue weighted by Crippen LogP contribution is -2.35. The van der Waals surface area contributed by atoms with Gasteiger partial charge in [-0.1, -0.05) is 0 Å². The van der Waals surface area contributed by atoms with Crippen LogP contribution in [0.2, 0.25) is 0 Å². The average molecular weight is 447 g/mol. The minimum atomic E-state index is -0.963. The lowest BCUT2D eigenvalue weighted by Gasteiger charge is -2.23. The highest BCUT2D eigenvalue weighted by molar-refractivity contribution is 5.85. The van der Waals surface area contributed by atoms with Crippen molar-refractivity contribution in [1.29, 1.82) is 5.26 Å². The van der Waals surface area contributed by atoms with Crippen molar-refractivity contribution in [2.24, 2.45) is 17.6 Å². The molecule has 1 aliphatic carbocycles. The van der Waals surface area contributed by atoms with Crippen LogP contribution in [-0.4, -0.2) is 50.5 Å². The number of pyridine rings is 2. The Balaban J connectivity index is 1.44. The molecule has 2 fully saturated rings. The fourth-order valence-corrected chi connectivity index (χ4v) is 5.34. The highest BCUT2D eigenvalue weighted by atomic mass is 16.5. The van der Waals surface area contributed by atoms with Gasteiger partial charge >= 0.3 is 0 Å². The summed E-state index contributed by atoms with van der Waals surface area (Å²) in [5, 5.41) is 23.9. The smallest absolute Gasteiger partial charge is 0.138 e. The third-order valence-corrected chi connectivity index (χ3v) is 6.72. The summed E-state index contributed by atoms with van der Waals surface area (Å²) in [4.78, 5) is 7.12. The molecule has 0 radical (unpaired) electrons. The van der Waals surface area contributed by atoms with Crippen LogP contribution in [0.3, 0.4) is 0 Å². The second-order valence-corrected chi connectivity index (χ2v) is 10.5. The van der Waals surface area contributed by atoms with Gasteiger partial charge in [0.15, 0.2) is 0 Å². The molecule has 8 heteroatoms. The first-order chi connectivity index (χ1) is 15.6. The van der Waals surface area contributed by atoms with Gasteiger partial charge in [0.25, 0.3) is 0 Å². The van der Waals surface area contributed by atoms with E-state index < -0.39 is 5.60 Å². The Morgan fingerprint density at radius 2 is 2.00 bits per heavy atom. The maximum absolute atomic E-state index is 10.0. The predicted molar refractivity (Wildman–Crippen MR) is 126 cm³/mol. The van der Waals surface area contributed by atoms with Gasteiger partial charge in [-0.3, -0.25) is 0 Å². The molecule has 2 aliphatic rings. The fourth-order valence-electron chi connectivity index (χ4n) is 5.34. The summed E-state index contributed by atoms with van der Waals surface area (Å²) < 4.78 is 7.46. The maximum Gasteiger partial charge on any atom is 0.138 e. The number of ether oxygens (including phenoxy) is 1. The van der Waals surface area contributed by atoms with E-state index in [9.17, 15) is 10.4 Å². The van der Waals surface area contributed by atoms with Crippen molar-refractivity contribution >= 4 is 11.3 Å². The summed E-state index contributed by atoms with van der Waals surface area (Å²) in [6, 6.07) is 8.17. The summed E-state index contributed by atoms with van der Waals surface area (Å²) in [5.41, 5.74) is 8.25. The van der Waals surface area contributed by atoms with Gasteiger partial charge in [0, 0.05) is 36.0 Å². The molecule has 5 rings (SSSR count). The molecule has 3 aromatic rings. The van der Waals surface area contributed by atoms with Gasteiger partial charge in [-0.05, 0) is 63.6 Å². The first-order valence-corrected chi connectivity index (χ1v) is 11.4. The van der Waals surface area contributed by atoms with E-state index in [1.165, 1.54) is 0 Å². The zero-order valence-electron chi connectivity index (χ0n) is 19.3. The number of fused-ring (bicyclic) bond motifs is 2. The second-order valence-electron chi connectivity index (χ2n) is 10.5. The molecule has 0 amide bonds. The summed E-state index contributed by atoms with van der Waals surface area (Å²) in [5.74, 6) is 2.80. The molecule has 172 valence electrons. The van der Waals surface area contributed by atoms with Crippen LogP contribution in [-0.2, 0) is 0 Å². The molecule has 3 atom stereocenters. The van der Waals surface area contributed by atoms with Gasteiger partial charge in [0.1, 0.15) is 24.2 Å². The van der Waals surface area contributed by atoms with Crippen molar-refractivity contribution in [3.63, 3.8) is 0 Å². The number of rotatable bonds is 5. The lowest BCUT2D eigenvalue weighted by molar-refractivity contribution is 0.0283. The Morgan fingerprint density at radius 3 is 2.61 bits per heavy atom. The summed E-state index contributed by atoms with van der Waals surface area (Å²) in [7, 11) is 0. The van der Waals surface area contributed by atoms with Crippen LogP contribution in [0, 0.1) is 23.2 Å². The van der Waals surface area contributed by atoms with E-state index in [0.717, 1.165) is 42.9 Å². The molecule has 3 aromatic heterocycles. The van der Waals surface area contributed by atoms with Crippen LogP contribution in [0.1, 0.15) is 39.2 Å². The number of hydrogen-bond acceptors (Lipinski definition) is 7. The van der Waals surface area contributed by atoms with E-state index in [0.29, 0.717) is 28.7 Å².